The van der Waals surface area contributed by atoms with Crippen molar-refractivity contribution in [3.8, 4) is 5.75 Å². The Morgan fingerprint density at radius 1 is 1.56 bits per heavy atom. The van der Waals surface area contributed by atoms with Crippen LogP contribution in [0.5, 0.6) is 5.75 Å². The minimum Gasteiger partial charge on any atom is -0.505 e. The zero-order valence-corrected chi connectivity index (χ0v) is 9.31. The summed E-state index contributed by atoms with van der Waals surface area (Å²) in [4.78, 5) is 15.6. The van der Waals surface area contributed by atoms with Gasteiger partial charge in [-0.1, -0.05) is 6.92 Å². The molecule has 4 heteroatoms. The highest BCUT2D eigenvalue weighted by Gasteiger charge is 2.23. The van der Waals surface area contributed by atoms with Crippen LogP contribution in [0, 0.1) is 5.92 Å². The Labute approximate surface area is 94.7 Å². The predicted octanol–water partition coefficient (Wildman–Crippen LogP) is 1.71. The first-order chi connectivity index (χ1) is 7.66. The molecule has 2 unspecified atom stereocenters. The van der Waals surface area contributed by atoms with Crippen molar-refractivity contribution in [3.05, 3.63) is 24.0 Å². The molecule has 1 aromatic heterocycles. The Kier molecular flexibility index (Phi) is 3.08. The van der Waals surface area contributed by atoms with Gasteiger partial charge in [0.2, 0.25) is 0 Å². The molecule has 1 aliphatic rings. The number of carbonyl (C=O) groups excluding carboxylic acids is 1. The number of pyridine rings is 1. The van der Waals surface area contributed by atoms with Crippen LogP contribution >= 0.6 is 0 Å². The smallest absolute Gasteiger partial charge is 0.255 e. The van der Waals surface area contributed by atoms with Gasteiger partial charge in [-0.15, -0.1) is 0 Å². The highest BCUT2D eigenvalue weighted by atomic mass is 16.3. The maximum atomic E-state index is 11.8. The van der Waals surface area contributed by atoms with Crippen molar-refractivity contribution in [2.75, 3.05) is 0 Å². The van der Waals surface area contributed by atoms with E-state index < -0.39 is 0 Å². The van der Waals surface area contributed by atoms with Gasteiger partial charge in [-0.25, -0.2) is 0 Å². The van der Waals surface area contributed by atoms with Crippen LogP contribution in [0.15, 0.2) is 18.5 Å². The van der Waals surface area contributed by atoms with Gasteiger partial charge in [0.25, 0.3) is 5.91 Å². The molecule has 0 aliphatic heterocycles. The first-order valence-corrected chi connectivity index (χ1v) is 5.60. The zero-order chi connectivity index (χ0) is 11.5. The van der Waals surface area contributed by atoms with Crippen LogP contribution in [0.25, 0.3) is 0 Å². The van der Waals surface area contributed by atoms with E-state index in [2.05, 4.69) is 17.2 Å². The number of rotatable bonds is 2. The minimum absolute atomic E-state index is 0.0638. The largest absolute Gasteiger partial charge is 0.505 e. The summed E-state index contributed by atoms with van der Waals surface area (Å²) in [6.45, 7) is 2.19. The van der Waals surface area contributed by atoms with E-state index in [4.69, 9.17) is 0 Å². The molecule has 0 bridgehead atoms. The molecule has 0 aromatic carbocycles. The summed E-state index contributed by atoms with van der Waals surface area (Å²) in [5, 5.41) is 12.4. The quantitative estimate of drug-likeness (QED) is 0.797. The second-order valence-corrected chi connectivity index (χ2v) is 4.48. The number of aromatic nitrogens is 1. The van der Waals surface area contributed by atoms with Crippen molar-refractivity contribution >= 4 is 5.91 Å². The van der Waals surface area contributed by atoms with Gasteiger partial charge in [-0.3, -0.25) is 9.78 Å². The number of amides is 1. The van der Waals surface area contributed by atoms with E-state index in [9.17, 15) is 9.90 Å². The van der Waals surface area contributed by atoms with Gasteiger partial charge < -0.3 is 10.4 Å². The van der Waals surface area contributed by atoms with Crippen LogP contribution in [0.1, 0.15) is 36.5 Å². The summed E-state index contributed by atoms with van der Waals surface area (Å²) < 4.78 is 0. The van der Waals surface area contributed by atoms with E-state index in [-0.39, 0.29) is 17.7 Å². The van der Waals surface area contributed by atoms with Crippen LogP contribution < -0.4 is 5.32 Å². The highest BCUT2D eigenvalue weighted by Crippen LogP contribution is 2.25. The van der Waals surface area contributed by atoms with E-state index in [0.717, 1.165) is 19.3 Å². The first kappa shape index (κ1) is 10.9. The summed E-state index contributed by atoms with van der Waals surface area (Å²) in [6, 6.07) is 1.78. The molecule has 2 N–H and O–H groups in total. The van der Waals surface area contributed by atoms with Crippen LogP contribution in [-0.4, -0.2) is 22.0 Å². The molecule has 4 nitrogen and oxygen atoms in total. The van der Waals surface area contributed by atoms with Gasteiger partial charge in [-0.05, 0) is 31.2 Å². The zero-order valence-electron chi connectivity index (χ0n) is 9.31. The van der Waals surface area contributed by atoms with Crippen molar-refractivity contribution in [1.82, 2.24) is 10.3 Å². The third-order valence-electron chi connectivity index (χ3n) is 3.07. The standard InChI is InChI=1S/C12H16N2O2/c1-8-2-3-9(6-8)14-12(16)10-4-5-13-7-11(10)15/h4-5,7-9,15H,2-3,6H2,1H3,(H,14,16). The third kappa shape index (κ3) is 2.32. The van der Waals surface area contributed by atoms with Crippen molar-refractivity contribution in [1.29, 1.82) is 0 Å². The van der Waals surface area contributed by atoms with Gasteiger partial charge in [0.1, 0.15) is 5.75 Å². The fourth-order valence-corrected chi connectivity index (χ4v) is 2.18. The van der Waals surface area contributed by atoms with Crippen LogP contribution in [0.4, 0.5) is 0 Å². The lowest BCUT2D eigenvalue weighted by molar-refractivity contribution is 0.0934. The monoisotopic (exact) mass is 220 g/mol. The molecule has 1 aliphatic carbocycles. The normalized spacial score (nSPS) is 24.3. The van der Waals surface area contributed by atoms with Gasteiger partial charge in [0.15, 0.2) is 0 Å². The van der Waals surface area contributed by atoms with Gasteiger partial charge in [0, 0.05) is 12.2 Å². The van der Waals surface area contributed by atoms with E-state index in [1.807, 2.05) is 0 Å². The van der Waals surface area contributed by atoms with Crippen molar-refractivity contribution in [2.24, 2.45) is 5.92 Å². The average Bonchev–Trinajstić information content (AvgIpc) is 2.64. The van der Waals surface area contributed by atoms with Crippen LogP contribution in [0.2, 0.25) is 0 Å². The molecule has 1 fully saturated rings. The second-order valence-electron chi connectivity index (χ2n) is 4.48. The Morgan fingerprint density at radius 2 is 2.38 bits per heavy atom. The molecule has 1 amide bonds. The fraction of sp³-hybridized carbons (Fsp3) is 0.500. The Morgan fingerprint density at radius 3 is 3.00 bits per heavy atom. The SMILES string of the molecule is CC1CCC(NC(=O)c2ccncc2O)C1. The van der Waals surface area contributed by atoms with Gasteiger partial charge in [-0.2, -0.15) is 0 Å². The minimum atomic E-state index is -0.209. The van der Waals surface area contributed by atoms with Crippen molar-refractivity contribution in [2.45, 2.75) is 32.2 Å². The second kappa shape index (κ2) is 4.51. The van der Waals surface area contributed by atoms with Crippen molar-refractivity contribution < 1.29 is 9.90 Å². The molecule has 0 spiro atoms. The third-order valence-corrected chi connectivity index (χ3v) is 3.07. The Bertz CT molecular complexity index is 392. The number of nitrogens with one attached hydrogen (secondary N) is 1. The predicted molar refractivity (Wildman–Crippen MR) is 60.2 cm³/mol. The summed E-state index contributed by atoms with van der Waals surface area (Å²) in [5.74, 6) is 0.404. The van der Waals surface area contributed by atoms with Crippen LogP contribution in [0.3, 0.4) is 0 Å². The molecule has 2 rings (SSSR count). The van der Waals surface area contributed by atoms with E-state index in [1.165, 1.54) is 18.5 Å². The number of hydrogen-bond donors (Lipinski definition) is 2. The number of nitrogens with zero attached hydrogens (tertiary/aromatic N) is 1. The summed E-state index contributed by atoms with van der Waals surface area (Å²) in [7, 11) is 0. The summed E-state index contributed by atoms with van der Waals surface area (Å²) in [6.07, 6.45) is 6.00. The van der Waals surface area contributed by atoms with Gasteiger partial charge >= 0.3 is 0 Å². The first-order valence-electron chi connectivity index (χ1n) is 5.60. The molecule has 86 valence electrons. The Balaban J connectivity index is 2.01. The average molecular weight is 220 g/mol. The lowest BCUT2D eigenvalue weighted by Gasteiger charge is -2.12. The molecule has 1 aromatic rings. The Hall–Kier alpha value is -1.58. The molecular formula is C12H16N2O2. The maximum absolute atomic E-state index is 11.8. The molecule has 2 atom stereocenters. The van der Waals surface area contributed by atoms with E-state index in [1.54, 1.807) is 0 Å². The van der Waals surface area contributed by atoms with Crippen LogP contribution in [-0.2, 0) is 0 Å². The molecule has 0 radical (unpaired) electrons. The number of aromatic hydroxyl groups is 1. The maximum Gasteiger partial charge on any atom is 0.255 e. The van der Waals surface area contributed by atoms with Gasteiger partial charge in [0.05, 0.1) is 11.8 Å². The molecule has 1 saturated carbocycles. The molecular weight excluding hydrogens is 204 g/mol. The molecule has 16 heavy (non-hydrogen) atoms. The lowest BCUT2D eigenvalue weighted by Crippen LogP contribution is -2.32. The van der Waals surface area contributed by atoms with Crippen molar-refractivity contribution in [3.63, 3.8) is 0 Å². The summed E-state index contributed by atoms with van der Waals surface area (Å²) in [5.41, 5.74) is 0.301. The van der Waals surface area contributed by atoms with E-state index >= 15 is 0 Å². The molecule has 0 saturated heterocycles. The summed E-state index contributed by atoms with van der Waals surface area (Å²) >= 11 is 0. The van der Waals surface area contributed by atoms with E-state index in [0.29, 0.717) is 11.5 Å². The fourth-order valence-electron chi connectivity index (χ4n) is 2.18. The topological polar surface area (TPSA) is 62.2 Å². The highest BCUT2D eigenvalue weighted by molar-refractivity contribution is 5.96. The lowest BCUT2D eigenvalue weighted by atomic mass is 10.1. The number of hydrogen-bond acceptors (Lipinski definition) is 3. The number of carbonyl (C=O) groups is 1. The molecule has 1 heterocycles.